The summed E-state index contributed by atoms with van der Waals surface area (Å²) in [7, 11) is 1.96. The monoisotopic (exact) mass is 342 g/mol. The molecule has 2 aromatic rings. The van der Waals surface area contributed by atoms with Gasteiger partial charge in [0.05, 0.1) is 12.2 Å². The van der Waals surface area contributed by atoms with Gasteiger partial charge in [0.25, 0.3) is 0 Å². The first-order chi connectivity index (χ1) is 12.1. The highest BCUT2D eigenvalue weighted by Gasteiger charge is 2.22. The first-order valence-corrected chi connectivity index (χ1v) is 8.92. The standard InChI is InChI=1S/C19H26N4O2/c1-4-16-15(17(5-2)23(3)22-16)12-21-19(24)20-11-14-10-13-8-6-7-9-18(13)25-14/h6-9,14H,4-5,10-12H2,1-3H3,(H2,20,21,24). The number of hydrogen-bond acceptors (Lipinski definition) is 3. The van der Waals surface area contributed by atoms with Gasteiger partial charge < -0.3 is 15.4 Å². The number of amides is 2. The molecule has 134 valence electrons. The van der Waals surface area contributed by atoms with Crippen LogP contribution in [0.3, 0.4) is 0 Å². The first-order valence-electron chi connectivity index (χ1n) is 8.92. The maximum absolute atomic E-state index is 12.1. The molecule has 0 bridgehead atoms. The van der Waals surface area contributed by atoms with Crippen LogP contribution in [0, 0.1) is 0 Å². The molecule has 2 amide bonds. The normalized spacial score (nSPS) is 15.6. The van der Waals surface area contributed by atoms with E-state index in [1.54, 1.807) is 0 Å². The zero-order chi connectivity index (χ0) is 17.8. The fourth-order valence-electron chi connectivity index (χ4n) is 3.40. The Labute approximate surface area is 148 Å². The number of ether oxygens (including phenoxy) is 1. The Morgan fingerprint density at radius 3 is 2.80 bits per heavy atom. The molecule has 1 aliphatic heterocycles. The van der Waals surface area contributed by atoms with Gasteiger partial charge in [-0.3, -0.25) is 4.68 Å². The molecule has 1 atom stereocenters. The Kier molecular flexibility index (Phi) is 5.26. The van der Waals surface area contributed by atoms with Crippen LogP contribution in [-0.4, -0.2) is 28.5 Å². The third-order valence-electron chi connectivity index (χ3n) is 4.66. The largest absolute Gasteiger partial charge is 0.488 e. The van der Waals surface area contributed by atoms with Crippen molar-refractivity contribution >= 4 is 6.03 Å². The molecule has 1 unspecified atom stereocenters. The maximum atomic E-state index is 12.1. The van der Waals surface area contributed by atoms with Gasteiger partial charge in [-0.2, -0.15) is 5.10 Å². The molecule has 0 spiro atoms. The van der Waals surface area contributed by atoms with E-state index >= 15 is 0 Å². The third-order valence-corrected chi connectivity index (χ3v) is 4.66. The van der Waals surface area contributed by atoms with E-state index in [0.717, 1.165) is 36.3 Å². The van der Waals surface area contributed by atoms with Crippen molar-refractivity contribution in [1.29, 1.82) is 0 Å². The second-order valence-electron chi connectivity index (χ2n) is 6.32. The van der Waals surface area contributed by atoms with Crippen molar-refractivity contribution in [1.82, 2.24) is 20.4 Å². The topological polar surface area (TPSA) is 68.2 Å². The van der Waals surface area contributed by atoms with Crippen LogP contribution in [-0.2, 0) is 32.9 Å². The molecule has 6 nitrogen and oxygen atoms in total. The molecule has 0 saturated carbocycles. The molecule has 0 saturated heterocycles. The molecule has 1 aliphatic rings. The molecule has 1 aromatic heterocycles. The zero-order valence-electron chi connectivity index (χ0n) is 15.1. The van der Waals surface area contributed by atoms with E-state index in [9.17, 15) is 4.79 Å². The van der Waals surface area contributed by atoms with Gasteiger partial charge in [0.2, 0.25) is 0 Å². The Hall–Kier alpha value is -2.50. The predicted octanol–water partition coefficient (Wildman–Crippen LogP) is 2.35. The fourth-order valence-corrected chi connectivity index (χ4v) is 3.40. The Morgan fingerprint density at radius 2 is 2.08 bits per heavy atom. The van der Waals surface area contributed by atoms with Crippen molar-refractivity contribution in [3.05, 3.63) is 46.8 Å². The molecule has 2 heterocycles. The summed E-state index contributed by atoms with van der Waals surface area (Å²) in [6.07, 6.45) is 2.59. The molecule has 6 heteroatoms. The summed E-state index contributed by atoms with van der Waals surface area (Å²) >= 11 is 0. The summed E-state index contributed by atoms with van der Waals surface area (Å²) in [6, 6.07) is 7.83. The number of nitrogens with one attached hydrogen (secondary N) is 2. The molecule has 25 heavy (non-hydrogen) atoms. The van der Waals surface area contributed by atoms with Gasteiger partial charge in [0.1, 0.15) is 11.9 Å². The predicted molar refractivity (Wildman–Crippen MR) is 96.8 cm³/mol. The second-order valence-corrected chi connectivity index (χ2v) is 6.32. The summed E-state index contributed by atoms with van der Waals surface area (Å²) in [5.41, 5.74) is 4.55. The van der Waals surface area contributed by atoms with E-state index in [2.05, 4.69) is 35.6 Å². The van der Waals surface area contributed by atoms with Crippen LogP contribution in [0.25, 0.3) is 0 Å². The fraction of sp³-hybridized carbons (Fsp3) is 0.474. The zero-order valence-corrected chi connectivity index (χ0v) is 15.1. The average molecular weight is 342 g/mol. The van der Waals surface area contributed by atoms with Gasteiger partial charge in [-0.05, 0) is 24.5 Å². The van der Waals surface area contributed by atoms with Crippen LogP contribution in [0.2, 0.25) is 0 Å². The number of nitrogens with zero attached hydrogens (tertiary/aromatic N) is 2. The lowest BCUT2D eigenvalue weighted by atomic mass is 10.1. The highest BCUT2D eigenvalue weighted by atomic mass is 16.5. The minimum absolute atomic E-state index is 0.000975. The van der Waals surface area contributed by atoms with Gasteiger partial charge in [0.15, 0.2) is 0 Å². The number of hydrogen-bond donors (Lipinski definition) is 2. The molecule has 3 rings (SSSR count). The SMILES string of the molecule is CCc1nn(C)c(CC)c1CNC(=O)NCC1Cc2ccccc2O1. The van der Waals surface area contributed by atoms with E-state index in [1.165, 1.54) is 11.3 Å². The number of rotatable bonds is 6. The van der Waals surface area contributed by atoms with Crippen LogP contribution in [0.5, 0.6) is 5.75 Å². The van der Waals surface area contributed by atoms with Gasteiger partial charge in [-0.1, -0.05) is 32.0 Å². The number of fused-ring (bicyclic) bond motifs is 1. The molecule has 0 fully saturated rings. The minimum atomic E-state index is -0.174. The lowest BCUT2D eigenvalue weighted by Gasteiger charge is -2.13. The van der Waals surface area contributed by atoms with Crippen LogP contribution in [0.15, 0.2) is 24.3 Å². The summed E-state index contributed by atoms with van der Waals surface area (Å²) < 4.78 is 7.75. The van der Waals surface area contributed by atoms with Crippen molar-refractivity contribution in [2.75, 3.05) is 6.54 Å². The summed E-state index contributed by atoms with van der Waals surface area (Å²) in [6.45, 7) is 5.18. The summed E-state index contributed by atoms with van der Waals surface area (Å²) in [4.78, 5) is 12.1. The molecule has 0 aliphatic carbocycles. The Bertz CT molecular complexity index is 729. The van der Waals surface area contributed by atoms with E-state index in [4.69, 9.17) is 4.74 Å². The Balaban J connectivity index is 1.50. The first kappa shape index (κ1) is 17.3. The Morgan fingerprint density at radius 1 is 1.28 bits per heavy atom. The number of aryl methyl sites for hydroxylation is 2. The average Bonchev–Trinajstić information content (AvgIpc) is 3.17. The van der Waals surface area contributed by atoms with Crippen LogP contribution >= 0.6 is 0 Å². The second kappa shape index (κ2) is 7.59. The van der Waals surface area contributed by atoms with Crippen molar-refractivity contribution < 1.29 is 9.53 Å². The number of para-hydroxylation sites is 1. The van der Waals surface area contributed by atoms with E-state index in [1.807, 2.05) is 29.9 Å². The van der Waals surface area contributed by atoms with Gasteiger partial charge in [0, 0.05) is 31.3 Å². The molecular weight excluding hydrogens is 316 g/mol. The van der Waals surface area contributed by atoms with Crippen molar-refractivity contribution in [3.8, 4) is 5.75 Å². The van der Waals surface area contributed by atoms with Gasteiger partial charge >= 0.3 is 6.03 Å². The van der Waals surface area contributed by atoms with Crippen LogP contribution < -0.4 is 15.4 Å². The van der Waals surface area contributed by atoms with Crippen LogP contribution in [0.1, 0.15) is 36.4 Å². The number of carbonyl (C=O) groups is 1. The minimum Gasteiger partial charge on any atom is -0.488 e. The lowest BCUT2D eigenvalue weighted by molar-refractivity contribution is 0.213. The van der Waals surface area contributed by atoms with Crippen molar-refractivity contribution in [2.45, 2.75) is 45.8 Å². The number of benzene rings is 1. The van der Waals surface area contributed by atoms with Gasteiger partial charge in [-0.25, -0.2) is 4.79 Å². The van der Waals surface area contributed by atoms with E-state index in [-0.39, 0.29) is 12.1 Å². The number of urea groups is 1. The lowest BCUT2D eigenvalue weighted by Crippen LogP contribution is -2.40. The van der Waals surface area contributed by atoms with Crippen molar-refractivity contribution in [3.63, 3.8) is 0 Å². The third kappa shape index (κ3) is 3.78. The highest BCUT2D eigenvalue weighted by Crippen LogP contribution is 2.27. The maximum Gasteiger partial charge on any atom is 0.315 e. The molecule has 2 N–H and O–H groups in total. The van der Waals surface area contributed by atoms with Gasteiger partial charge in [-0.15, -0.1) is 0 Å². The van der Waals surface area contributed by atoms with Crippen molar-refractivity contribution in [2.24, 2.45) is 7.05 Å². The number of carbonyl (C=O) groups excluding carboxylic acids is 1. The van der Waals surface area contributed by atoms with E-state index < -0.39 is 0 Å². The number of aromatic nitrogens is 2. The molecule has 0 radical (unpaired) electrons. The molecular formula is C19H26N4O2. The smallest absolute Gasteiger partial charge is 0.315 e. The summed E-state index contributed by atoms with van der Waals surface area (Å²) in [5, 5.41) is 10.4. The van der Waals surface area contributed by atoms with E-state index in [0.29, 0.717) is 13.1 Å². The molecule has 1 aromatic carbocycles. The van der Waals surface area contributed by atoms with Crippen LogP contribution in [0.4, 0.5) is 4.79 Å². The highest BCUT2D eigenvalue weighted by molar-refractivity contribution is 5.73. The quantitative estimate of drug-likeness (QED) is 0.847. The summed E-state index contributed by atoms with van der Waals surface area (Å²) in [5.74, 6) is 0.922.